The minimum absolute atomic E-state index is 0.0848. The molecule has 11 heavy (non-hydrogen) atoms. The fourth-order valence-corrected chi connectivity index (χ4v) is 1.12. The fourth-order valence-electron chi connectivity index (χ4n) is 1.12. The van der Waals surface area contributed by atoms with Crippen LogP contribution >= 0.6 is 0 Å². The average Bonchev–Trinajstić information content (AvgIpc) is 2.02. The Morgan fingerprint density at radius 3 is 1.82 bits per heavy atom. The lowest BCUT2D eigenvalue weighted by atomic mass is 10.1. The maximum atomic E-state index is 10.9. The van der Waals surface area contributed by atoms with Crippen LogP contribution in [0.25, 0.3) is 0 Å². The van der Waals surface area contributed by atoms with Crippen LogP contribution in [0.5, 0.6) is 0 Å². The Bertz CT molecular complexity index is 172. The summed E-state index contributed by atoms with van der Waals surface area (Å²) in [5.41, 5.74) is 0. The summed E-state index contributed by atoms with van der Waals surface area (Å²) < 4.78 is 0. The fraction of sp³-hybridized carbons (Fsp3) is 0.556. The zero-order valence-corrected chi connectivity index (χ0v) is 6.51. The lowest BCUT2D eigenvalue weighted by Gasteiger charge is -1.94. The van der Waals surface area contributed by atoms with Crippen molar-refractivity contribution in [3.63, 3.8) is 0 Å². The predicted octanol–water partition coefficient (Wildman–Crippen LogP) is 1.64. The quantitative estimate of drug-likeness (QED) is 0.390. The molecule has 0 unspecified atom stereocenters. The maximum absolute atomic E-state index is 10.9. The maximum Gasteiger partial charge on any atom is 0.140 e. The van der Waals surface area contributed by atoms with Gasteiger partial charge >= 0.3 is 0 Å². The van der Waals surface area contributed by atoms with Crippen molar-refractivity contribution in [1.82, 2.24) is 0 Å². The van der Waals surface area contributed by atoms with Crippen molar-refractivity contribution >= 4 is 11.6 Å². The van der Waals surface area contributed by atoms with Gasteiger partial charge in [0.05, 0.1) is 6.42 Å². The summed E-state index contributed by atoms with van der Waals surface area (Å²) in [7, 11) is 0. The first kappa shape index (κ1) is 8.18. The van der Waals surface area contributed by atoms with E-state index in [2.05, 4.69) is 0 Å². The third-order valence-corrected chi connectivity index (χ3v) is 1.74. The first-order valence-corrected chi connectivity index (χ1v) is 3.97. The molecule has 0 aliphatic heterocycles. The molecule has 1 rings (SSSR count). The number of hydrogen-bond donors (Lipinski definition) is 0. The Hall–Kier alpha value is -0.920. The molecule has 0 radical (unpaired) electrons. The Labute approximate surface area is 66.3 Å². The Morgan fingerprint density at radius 1 is 0.909 bits per heavy atom. The van der Waals surface area contributed by atoms with Crippen LogP contribution in [0.4, 0.5) is 0 Å². The number of allylic oxidation sites excluding steroid dienone is 2. The van der Waals surface area contributed by atoms with Crippen molar-refractivity contribution < 1.29 is 9.59 Å². The number of carbonyl (C=O) groups is 2. The van der Waals surface area contributed by atoms with Crippen LogP contribution in [0.2, 0.25) is 0 Å². The molecule has 0 fully saturated rings. The topological polar surface area (TPSA) is 34.1 Å². The molecule has 0 atom stereocenters. The van der Waals surface area contributed by atoms with Gasteiger partial charge in [0.1, 0.15) is 11.6 Å². The van der Waals surface area contributed by atoms with Gasteiger partial charge in [-0.05, 0) is 12.8 Å². The highest BCUT2D eigenvalue weighted by molar-refractivity contribution is 5.99. The SMILES string of the molecule is O=C1CCC=CCCC(=O)C1. The zero-order valence-electron chi connectivity index (χ0n) is 6.51. The van der Waals surface area contributed by atoms with Crippen LogP contribution in [0, 0.1) is 0 Å². The van der Waals surface area contributed by atoms with Gasteiger partial charge in [-0.3, -0.25) is 9.59 Å². The summed E-state index contributed by atoms with van der Waals surface area (Å²) in [6, 6.07) is 0. The molecule has 0 aromatic carbocycles. The molecule has 2 nitrogen and oxygen atoms in total. The average molecular weight is 152 g/mol. The highest BCUT2D eigenvalue weighted by Gasteiger charge is 2.08. The Kier molecular flexibility index (Phi) is 3.02. The van der Waals surface area contributed by atoms with E-state index < -0.39 is 0 Å². The first-order valence-electron chi connectivity index (χ1n) is 3.97. The molecular weight excluding hydrogens is 140 g/mol. The molecule has 1 aliphatic rings. The van der Waals surface area contributed by atoms with Gasteiger partial charge in [0.2, 0.25) is 0 Å². The number of carbonyl (C=O) groups excluding carboxylic acids is 2. The van der Waals surface area contributed by atoms with Crippen molar-refractivity contribution in [2.24, 2.45) is 0 Å². The van der Waals surface area contributed by atoms with Crippen molar-refractivity contribution in [2.45, 2.75) is 32.1 Å². The summed E-state index contributed by atoms with van der Waals surface area (Å²) in [6.45, 7) is 0. The minimum Gasteiger partial charge on any atom is -0.299 e. The van der Waals surface area contributed by atoms with E-state index in [9.17, 15) is 9.59 Å². The molecule has 0 amide bonds. The van der Waals surface area contributed by atoms with Gasteiger partial charge in [-0.2, -0.15) is 0 Å². The summed E-state index contributed by atoms with van der Waals surface area (Å²) in [5, 5.41) is 0. The van der Waals surface area contributed by atoms with Crippen molar-refractivity contribution in [1.29, 1.82) is 0 Å². The third-order valence-electron chi connectivity index (χ3n) is 1.74. The molecule has 0 bridgehead atoms. The van der Waals surface area contributed by atoms with Crippen molar-refractivity contribution in [3.8, 4) is 0 Å². The lowest BCUT2D eigenvalue weighted by Crippen LogP contribution is -2.05. The predicted molar refractivity (Wildman–Crippen MR) is 42.2 cm³/mol. The van der Waals surface area contributed by atoms with Crippen LogP contribution in [-0.2, 0) is 9.59 Å². The van der Waals surface area contributed by atoms with Gasteiger partial charge in [0.25, 0.3) is 0 Å². The van der Waals surface area contributed by atoms with E-state index in [0.717, 1.165) is 12.8 Å². The van der Waals surface area contributed by atoms with E-state index in [-0.39, 0.29) is 18.0 Å². The molecule has 1 aliphatic carbocycles. The van der Waals surface area contributed by atoms with Gasteiger partial charge in [-0.15, -0.1) is 0 Å². The second-order valence-electron chi connectivity index (χ2n) is 2.80. The van der Waals surface area contributed by atoms with E-state index in [4.69, 9.17) is 0 Å². The third kappa shape index (κ3) is 3.12. The molecule has 0 saturated heterocycles. The summed E-state index contributed by atoms with van der Waals surface area (Å²) in [4.78, 5) is 21.9. The van der Waals surface area contributed by atoms with Gasteiger partial charge in [0, 0.05) is 12.8 Å². The van der Waals surface area contributed by atoms with Crippen LogP contribution in [0.1, 0.15) is 32.1 Å². The number of Topliss-reactive ketones (excluding diaryl/α,β-unsaturated/α-hetero) is 2. The highest BCUT2D eigenvalue weighted by Crippen LogP contribution is 2.05. The van der Waals surface area contributed by atoms with Crippen molar-refractivity contribution in [2.75, 3.05) is 0 Å². The summed E-state index contributed by atoms with van der Waals surface area (Å²) in [6.07, 6.45) is 6.78. The number of rotatable bonds is 0. The highest BCUT2D eigenvalue weighted by atomic mass is 16.1. The van der Waals surface area contributed by atoms with Gasteiger partial charge in [-0.25, -0.2) is 0 Å². The minimum atomic E-state index is 0.0848. The normalized spacial score (nSPS) is 20.7. The van der Waals surface area contributed by atoms with E-state index in [1.54, 1.807) is 0 Å². The zero-order chi connectivity index (χ0) is 8.10. The summed E-state index contributed by atoms with van der Waals surface area (Å²) in [5.74, 6) is 0.170. The molecule has 0 heterocycles. The van der Waals surface area contributed by atoms with Crippen LogP contribution in [0.3, 0.4) is 0 Å². The first-order chi connectivity index (χ1) is 5.29. The second kappa shape index (κ2) is 4.06. The van der Waals surface area contributed by atoms with Gasteiger partial charge in [-0.1, -0.05) is 12.2 Å². The molecular formula is C9H12O2. The second-order valence-corrected chi connectivity index (χ2v) is 2.80. The van der Waals surface area contributed by atoms with Gasteiger partial charge in [0.15, 0.2) is 0 Å². The molecule has 0 aromatic rings. The monoisotopic (exact) mass is 152 g/mol. The van der Waals surface area contributed by atoms with E-state index in [1.165, 1.54) is 0 Å². The van der Waals surface area contributed by atoms with Crippen molar-refractivity contribution in [3.05, 3.63) is 12.2 Å². The number of hydrogen-bond acceptors (Lipinski definition) is 2. The van der Waals surface area contributed by atoms with Crippen LogP contribution < -0.4 is 0 Å². The standard InChI is InChI=1S/C9H12O2/c10-8-5-3-1-2-4-6-9(11)7-8/h1-2H,3-7H2. The van der Waals surface area contributed by atoms with Gasteiger partial charge < -0.3 is 0 Å². The summed E-state index contributed by atoms with van der Waals surface area (Å²) >= 11 is 0. The molecule has 0 N–H and O–H groups in total. The van der Waals surface area contributed by atoms with E-state index in [0.29, 0.717) is 12.8 Å². The Balaban J connectivity index is 2.49. The number of ketones is 2. The van der Waals surface area contributed by atoms with E-state index in [1.807, 2.05) is 12.2 Å². The van der Waals surface area contributed by atoms with E-state index >= 15 is 0 Å². The Morgan fingerprint density at radius 2 is 1.36 bits per heavy atom. The smallest absolute Gasteiger partial charge is 0.140 e. The van der Waals surface area contributed by atoms with Crippen LogP contribution in [0.15, 0.2) is 12.2 Å². The molecule has 0 spiro atoms. The molecule has 0 saturated carbocycles. The molecule has 60 valence electrons. The van der Waals surface area contributed by atoms with Crippen LogP contribution in [-0.4, -0.2) is 11.6 Å². The lowest BCUT2D eigenvalue weighted by molar-refractivity contribution is -0.126. The molecule has 0 aromatic heterocycles. The largest absolute Gasteiger partial charge is 0.299 e. The molecule has 2 heteroatoms.